The third-order valence-electron chi connectivity index (χ3n) is 6.07. The number of benzene rings is 1. The Morgan fingerprint density at radius 1 is 1.20 bits per heavy atom. The van der Waals surface area contributed by atoms with Crippen LogP contribution in [0.1, 0.15) is 35.7 Å². The first kappa shape index (κ1) is 20.2. The lowest BCUT2D eigenvalue weighted by Crippen LogP contribution is -2.29. The van der Waals surface area contributed by atoms with Crippen molar-refractivity contribution in [3.05, 3.63) is 59.5 Å². The van der Waals surface area contributed by atoms with Gasteiger partial charge in [-0.1, -0.05) is 18.2 Å². The molecule has 0 radical (unpaired) electrons. The maximum atomic E-state index is 13.0. The van der Waals surface area contributed by atoms with E-state index in [4.69, 9.17) is 0 Å². The van der Waals surface area contributed by atoms with Gasteiger partial charge in [0.1, 0.15) is 0 Å². The summed E-state index contributed by atoms with van der Waals surface area (Å²) in [6.45, 7) is 4.05. The second kappa shape index (κ2) is 8.32. The Hall–Kier alpha value is -3.12. The Balaban J connectivity index is 1.90. The van der Waals surface area contributed by atoms with Crippen molar-refractivity contribution in [2.24, 2.45) is 7.05 Å². The zero-order valence-electron chi connectivity index (χ0n) is 17.7. The van der Waals surface area contributed by atoms with Gasteiger partial charge in [-0.25, -0.2) is 0 Å². The first-order valence-electron chi connectivity index (χ1n) is 10.4. The maximum absolute atomic E-state index is 13.0. The third-order valence-corrected chi connectivity index (χ3v) is 6.07. The Morgan fingerprint density at radius 2 is 1.93 bits per heavy atom. The van der Waals surface area contributed by atoms with E-state index >= 15 is 0 Å². The molecule has 2 N–H and O–H groups in total. The predicted molar refractivity (Wildman–Crippen MR) is 120 cm³/mol. The van der Waals surface area contributed by atoms with Gasteiger partial charge in [-0.3, -0.25) is 9.59 Å². The van der Waals surface area contributed by atoms with Crippen LogP contribution in [0.25, 0.3) is 22.0 Å². The fraction of sp³-hybridized carbons (Fsp3) is 0.333. The number of carbonyl (C=O) groups excluding carboxylic acids is 2. The highest BCUT2D eigenvalue weighted by atomic mass is 16.1. The van der Waals surface area contributed by atoms with Crippen molar-refractivity contribution < 1.29 is 9.59 Å². The highest BCUT2D eigenvalue weighted by Crippen LogP contribution is 2.33. The van der Waals surface area contributed by atoms with E-state index < -0.39 is 0 Å². The largest absolute Gasteiger partial charge is 0.355 e. The third kappa shape index (κ3) is 3.48. The number of aromatic nitrogens is 2. The number of para-hydroxylation sites is 1. The molecule has 1 aliphatic heterocycles. The van der Waals surface area contributed by atoms with Gasteiger partial charge >= 0.3 is 0 Å². The minimum Gasteiger partial charge on any atom is -0.355 e. The molecule has 0 spiro atoms. The molecule has 1 aliphatic rings. The molecule has 156 valence electrons. The van der Waals surface area contributed by atoms with Crippen molar-refractivity contribution in [1.82, 2.24) is 19.8 Å². The molecule has 1 saturated heterocycles. The number of nitrogens with zero attached hydrogens (tertiary/aromatic N) is 2. The van der Waals surface area contributed by atoms with E-state index in [1.54, 1.807) is 7.05 Å². The van der Waals surface area contributed by atoms with E-state index in [0.29, 0.717) is 17.2 Å². The van der Waals surface area contributed by atoms with Gasteiger partial charge in [0, 0.05) is 65.8 Å². The van der Waals surface area contributed by atoms with Crippen LogP contribution in [0.15, 0.2) is 42.7 Å². The lowest BCUT2D eigenvalue weighted by atomic mass is 9.95. The van der Waals surface area contributed by atoms with Gasteiger partial charge < -0.3 is 19.8 Å². The SMILES string of the molecule is CNC(=O)/C(=C(\C=O)c1cc(C)n(C2CCNCC2)c1)c1cn(C)c2ccccc12. The molecule has 2 aromatic heterocycles. The number of hydrogen-bond acceptors (Lipinski definition) is 3. The highest BCUT2D eigenvalue weighted by Gasteiger charge is 2.24. The van der Waals surface area contributed by atoms with Crippen LogP contribution in [0.5, 0.6) is 0 Å². The molecule has 3 heterocycles. The summed E-state index contributed by atoms with van der Waals surface area (Å²) >= 11 is 0. The summed E-state index contributed by atoms with van der Waals surface area (Å²) in [5, 5.41) is 7.07. The number of likely N-dealkylation sites (N-methyl/N-ethyl adjacent to an activating group) is 1. The van der Waals surface area contributed by atoms with E-state index in [1.807, 2.05) is 54.3 Å². The van der Waals surface area contributed by atoms with Crippen LogP contribution in [0.3, 0.4) is 0 Å². The molecule has 0 aliphatic carbocycles. The monoisotopic (exact) mass is 404 g/mol. The van der Waals surface area contributed by atoms with Crippen LogP contribution >= 0.6 is 0 Å². The average Bonchev–Trinajstić information content (AvgIpc) is 3.32. The molecule has 1 aromatic carbocycles. The summed E-state index contributed by atoms with van der Waals surface area (Å²) in [6.07, 6.45) is 6.88. The number of rotatable bonds is 5. The van der Waals surface area contributed by atoms with Crippen molar-refractivity contribution in [3.8, 4) is 0 Å². The molecule has 0 saturated carbocycles. The minimum atomic E-state index is -0.263. The van der Waals surface area contributed by atoms with Gasteiger partial charge in [-0.05, 0) is 45.0 Å². The smallest absolute Gasteiger partial charge is 0.252 e. The summed E-state index contributed by atoms with van der Waals surface area (Å²) in [6, 6.07) is 10.3. The molecule has 0 atom stereocenters. The van der Waals surface area contributed by atoms with Gasteiger partial charge in [-0.2, -0.15) is 0 Å². The fourth-order valence-corrected chi connectivity index (χ4v) is 4.54. The minimum absolute atomic E-state index is 0.263. The highest BCUT2D eigenvalue weighted by molar-refractivity contribution is 6.37. The first-order valence-corrected chi connectivity index (χ1v) is 10.4. The van der Waals surface area contributed by atoms with Gasteiger partial charge in [0.15, 0.2) is 6.29 Å². The quantitative estimate of drug-likeness (QED) is 0.507. The molecular formula is C24H28N4O2. The second-order valence-electron chi connectivity index (χ2n) is 7.92. The predicted octanol–water partition coefficient (Wildman–Crippen LogP) is 3.07. The summed E-state index contributed by atoms with van der Waals surface area (Å²) < 4.78 is 4.24. The fourth-order valence-electron chi connectivity index (χ4n) is 4.54. The lowest BCUT2D eigenvalue weighted by Gasteiger charge is -2.25. The number of nitrogens with one attached hydrogen (secondary N) is 2. The number of fused-ring (bicyclic) bond motifs is 1. The van der Waals surface area contributed by atoms with Crippen LogP contribution in [-0.2, 0) is 16.6 Å². The number of hydrogen-bond donors (Lipinski definition) is 2. The lowest BCUT2D eigenvalue weighted by molar-refractivity contribution is -0.115. The first-order chi connectivity index (χ1) is 14.5. The maximum Gasteiger partial charge on any atom is 0.252 e. The van der Waals surface area contributed by atoms with Crippen molar-refractivity contribution >= 4 is 34.2 Å². The number of carbonyl (C=O) groups is 2. The molecule has 1 amide bonds. The standard InChI is InChI=1S/C24H28N4O2/c1-16-12-17(13-28(16)18-8-10-26-11-9-18)21(15-29)23(24(30)25-2)20-14-27(3)22-7-5-4-6-19(20)22/h4-7,12-15,18,26H,8-11H2,1-3H3,(H,25,30)/b23-21+. The topological polar surface area (TPSA) is 68.1 Å². The average molecular weight is 405 g/mol. The van der Waals surface area contributed by atoms with E-state index in [-0.39, 0.29) is 5.91 Å². The molecule has 1 fully saturated rings. The van der Waals surface area contributed by atoms with Crippen LogP contribution in [0.4, 0.5) is 0 Å². The summed E-state index contributed by atoms with van der Waals surface area (Å²) in [4.78, 5) is 25.3. The van der Waals surface area contributed by atoms with Crippen molar-refractivity contribution in [1.29, 1.82) is 0 Å². The second-order valence-corrected chi connectivity index (χ2v) is 7.92. The van der Waals surface area contributed by atoms with Gasteiger partial charge in [-0.15, -0.1) is 0 Å². The van der Waals surface area contributed by atoms with Gasteiger partial charge in [0.25, 0.3) is 5.91 Å². The van der Waals surface area contributed by atoms with Crippen LogP contribution < -0.4 is 10.6 Å². The Morgan fingerprint density at radius 3 is 2.63 bits per heavy atom. The van der Waals surface area contributed by atoms with Gasteiger partial charge in [0.05, 0.1) is 5.57 Å². The zero-order valence-corrected chi connectivity index (χ0v) is 17.7. The number of aryl methyl sites for hydroxylation is 2. The molecule has 6 heteroatoms. The van der Waals surface area contributed by atoms with Crippen LogP contribution in [0.2, 0.25) is 0 Å². The van der Waals surface area contributed by atoms with E-state index in [1.165, 1.54) is 0 Å². The molecule has 4 rings (SSSR count). The number of piperidine rings is 1. The van der Waals surface area contributed by atoms with Crippen molar-refractivity contribution in [2.75, 3.05) is 20.1 Å². The molecule has 0 bridgehead atoms. The van der Waals surface area contributed by atoms with Crippen molar-refractivity contribution in [2.45, 2.75) is 25.8 Å². The zero-order chi connectivity index (χ0) is 21.3. The molecule has 30 heavy (non-hydrogen) atoms. The number of amides is 1. The molecule has 0 unspecified atom stereocenters. The number of allylic oxidation sites excluding steroid dienone is 1. The van der Waals surface area contributed by atoms with Gasteiger partial charge in [0.2, 0.25) is 0 Å². The summed E-state index contributed by atoms with van der Waals surface area (Å²) in [5.41, 5.74) is 4.50. The summed E-state index contributed by atoms with van der Waals surface area (Å²) in [7, 11) is 3.55. The summed E-state index contributed by atoms with van der Waals surface area (Å²) in [5.74, 6) is -0.263. The normalized spacial score (nSPS) is 15.8. The Kier molecular flexibility index (Phi) is 5.59. The molecule has 6 nitrogen and oxygen atoms in total. The Labute approximate surface area is 176 Å². The van der Waals surface area contributed by atoms with E-state index in [9.17, 15) is 9.59 Å². The van der Waals surface area contributed by atoms with Crippen LogP contribution in [0, 0.1) is 6.92 Å². The van der Waals surface area contributed by atoms with E-state index in [2.05, 4.69) is 22.1 Å². The van der Waals surface area contributed by atoms with E-state index in [0.717, 1.165) is 59.9 Å². The van der Waals surface area contributed by atoms with Crippen molar-refractivity contribution in [3.63, 3.8) is 0 Å². The molecule has 3 aromatic rings. The molecular weight excluding hydrogens is 376 g/mol. The Bertz CT molecular complexity index is 1130. The van der Waals surface area contributed by atoms with Crippen LogP contribution in [-0.4, -0.2) is 41.5 Å². The number of aldehydes is 1.